The molecule has 0 saturated carbocycles. The molecule has 5 nitrogen and oxygen atoms in total. The number of fused-ring (bicyclic) bond motifs is 1. The summed E-state index contributed by atoms with van der Waals surface area (Å²) in [5.41, 5.74) is -0.206. The molecule has 1 aliphatic heterocycles. The highest BCUT2D eigenvalue weighted by atomic mass is 19.4. The molecule has 0 spiro atoms. The fourth-order valence-electron chi connectivity index (χ4n) is 4.74. The largest absolute Gasteiger partial charge is 0.493 e. The van der Waals surface area contributed by atoms with E-state index >= 15 is 0 Å². The number of likely N-dealkylation sites (tertiary alicyclic amines) is 1. The average molecular weight is 449 g/mol. The third-order valence-corrected chi connectivity index (χ3v) is 6.60. The summed E-state index contributed by atoms with van der Waals surface area (Å²) >= 11 is 0. The number of benzene rings is 2. The summed E-state index contributed by atoms with van der Waals surface area (Å²) in [4.78, 5) is 15.0. The van der Waals surface area contributed by atoms with E-state index in [4.69, 9.17) is 9.47 Å². The SMILES string of the molecule is COc1cc2c(cc1OC)C(=O)C(CN1CCC(O)(c3cccc(C(F)(F)F)c3)CC1)C2. The van der Waals surface area contributed by atoms with Gasteiger partial charge in [-0.15, -0.1) is 0 Å². The van der Waals surface area contributed by atoms with Crippen LogP contribution in [0.3, 0.4) is 0 Å². The van der Waals surface area contributed by atoms with Crippen LogP contribution in [0.25, 0.3) is 0 Å². The van der Waals surface area contributed by atoms with Crippen molar-refractivity contribution in [2.45, 2.75) is 31.0 Å². The molecule has 1 heterocycles. The lowest BCUT2D eigenvalue weighted by atomic mass is 9.83. The molecule has 2 aromatic rings. The van der Waals surface area contributed by atoms with Crippen molar-refractivity contribution in [3.8, 4) is 11.5 Å². The molecular weight excluding hydrogens is 423 g/mol. The molecule has 2 aromatic carbocycles. The number of rotatable bonds is 5. The predicted molar refractivity (Wildman–Crippen MR) is 112 cm³/mol. The Morgan fingerprint density at radius 3 is 2.38 bits per heavy atom. The molecule has 0 amide bonds. The third-order valence-electron chi connectivity index (χ3n) is 6.60. The number of hydrogen-bond acceptors (Lipinski definition) is 5. The van der Waals surface area contributed by atoms with Gasteiger partial charge in [-0.1, -0.05) is 12.1 Å². The van der Waals surface area contributed by atoms with Crippen LogP contribution in [0.15, 0.2) is 36.4 Å². The Hall–Kier alpha value is -2.58. The van der Waals surface area contributed by atoms with Gasteiger partial charge >= 0.3 is 6.18 Å². The van der Waals surface area contributed by atoms with Crippen LogP contribution in [0.5, 0.6) is 11.5 Å². The van der Waals surface area contributed by atoms with Crippen LogP contribution in [0.1, 0.15) is 39.9 Å². The molecule has 1 unspecified atom stereocenters. The Kier molecular flexibility index (Phi) is 5.94. The van der Waals surface area contributed by atoms with Crippen LogP contribution in [-0.4, -0.2) is 49.6 Å². The summed E-state index contributed by atoms with van der Waals surface area (Å²) < 4.78 is 49.8. The highest BCUT2D eigenvalue weighted by molar-refractivity contribution is 6.03. The number of carbonyl (C=O) groups is 1. The number of piperidine rings is 1. The van der Waals surface area contributed by atoms with Crippen LogP contribution in [0, 0.1) is 5.92 Å². The summed E-state index contributed by atoms with van der Waals surface area (Å²) in [7, 11) is 3.08. The first-order valence-corrected chi connectivity index (χ1v) is 10.6. The second kappa shape index (κ2) is 8.41. The molecule has 2 aliphatic rings. The van der Waals surface area contributed by atoms with Gasteiger partial charge in [0.25, 0.3) is 0 Å². The first-order valence-electron chi connectivity index (χ1n) is 10.6. The number of nitrogens with zero attached hydrogens (tertiary/aromatic N) is 1. The number of methoxy groups -OCH3 is 2. The molecule has 8 heteroatoms. The Labute approximate surface area is 184 Å². The van der Waals surface area contributed by atoms with E-state index in [-0.39, 0.29) is 17.3 Å². The minimum atomic E-state index is -4.45. The molecule has 0 aromatic heterocycles. The van der Waals surface area contributed by atoms with E-state index in [9.17, 15) is 23.1 Å². The monoisotopic (exact) mass is 449 g/mol. The van der Waals surface area contributed by atoms with Crippen LogP contribution in [0.2, 0.25) is 0 Å². The van der Waals surface area contributed by atoms with Crippen molar-refractivity contribution in [2.24, 2.45) is 5.92 Å². The Morgan fingerprint density at radius 2 is 1.75 bits per heavy atom. The number of alkyl halides is 3. The molecule has 0 radical (unpaired) electrons. The van der Waals surface area contributed by atoms with Gasteiger partial charge in [-0.25, -0.2) is 0 Å². The van der Waals surface area contributed by atoms with E-state index in [2.05, 4.69) is 4.90 Å². The highest BCUT2D eigenvalue weighted by Crippen LogP contribution is 2.39. The van der Waals surface area contributed by atoms with Crippen LogP contribution in [-0.2, 0) is 18.2 Å². The van der Waals surface area contributed by atoms with Gasteiger partial charge in [-0.05, 0) is 54.7 Å². The van der Waals surface area contributed by atoms with E-state index in [1.165, 1.54) is 13.2 Å². The number of hydrogen-bond donors (Lipinski definition) is 1. The van der Waals surface area contributed by atoms with Crippen LogP contribution < -0.4 is 9.47 Å². The number of ketones is 1. The average Bonchev–Trinajstić information content (AvgIpc) is 3.08. The molecule has 1 aliphatic carbocycles. The quantitative estimate of drug-likeness (QED) is 0.746. The smallest absolute Gasteiger partial charge is 0.416 e. The van der Waals surface area contributed by atoms with E-state index in [0.717, 1.165) is 17.7 Å². The molecular formula is C24H26F3NO4. The summed E-state index contributed by atoms with van der Waals surface area (Å²) in [5, 5.41) is 11.0. The molecule has 4 rings (SSSR count). The van der Waals surface area contributed by atoms with Crippen LogP contribution in [0.4, 0.5) is 13.2 Å². The Bertz CT molecular complexity index is 1010. The summed E-state index contributed by atoms with van der Waals surface area (Å²) in [6.07, 6.45) is -3.23. The van der Waals surface area contributed by atoms with Crippen molar-refractivity contribution in [1.82, 2.24) is 4.90 Å². The van der Waals surface area contributed by atoms with Crippen molar-refractivity contribution in [2.75, 3.05) is 33.9 Å². The molecule has 172 valence electrons. The highest BCUT2D eigenvalue weighted by Gasteiger charge is 2.39. The van der Waals surface area contributed by atoms with E-state index in [1.54, 1.807) is 19.2 Å². The van der Waals surface area contributed by atoms with E-state index in [1.807, 2.05) is 6.07 Å². The number of Topliss-reactive ketones (excluding diaryl/α,β-unsaturated/α-hetero) is 1. The Morgan fingerprint density at radius 1 is 1.09 bits per heavy atom. The second-order valence-corrected chi connectivity index (χ2v) is 8.54. The standard InChI is InChI=1S/C24H26F3NO4/c1-31-20-11-15-10-16(22(29)19(15)13-21(20)32-2)14-28-8-6-23(30,7-9-28)17-4-3-5-18(12-17)24(25,26)27/h3-5,11-13,16,30H,6-10,14H2,1-2H3. The molecule has 1 fully saturated rings. The summed E-state index contributed by atoms with van der Waals surface area (Å²) in [5.74, 6) is 0.953. The summed E-state index contributed by atoms with van der Waals surface area (Å²) in [6.45, 7) is 1.54. The van der Waals surface area contributed by atoms with Gasteiger partial charge in [0.1, 0.15) is 0 Å². The third kappa shape index (κ3) is 4.21. The zero-order valence-electron chi connectivity index (χ0n) is 18.0. The minimum Gasteiger partial charge on any atom is -0.493 e. The molecule has 1 atom stereocenters. The van der Waals surface area contributed by atoms with Gasteiger partial charge in [0.05, 0.1) is 25.4 Å². The number of aliphatic hydroxyl groups is 1. The van der Waals surface area contributed by atoms with E-state index in [0.29, 0.717) is 56.0 Å². The minimum absolute atomic E-state index is 0.0552. The topological polar surface area (TPSA) is 59.0 Å². The zero-order valence-corrected chi connectivity index (χ0v) is 18.0. The van der Waals surface area contributed by atoms with Gasteiger partial charge in [0, 0.05) is 31.1 Å². The molecule has 32 heavy (non-hydrogen) atoms. The maximum Gasteiger partial charge on any atom is 0.416 e. The lowest BCUT2D eigenvalue weighted by molar-refractivity contribution is -0.137. The van der Waals surface area contributed by atoms with Crippen molar-refractivity contribution in [1.29, 1.82) is 0 Å². The summed E-state index contributed by atoms with van der Waals surface area (Å²) in [6, 6.07) is 8.49. The lowest BCUT2D eigenvalue weighted by Gasteiger charge is -2.39. The first kappa shape index (κ1) is 22.6. The number of halogens is 3. The van der Waals surface area contributed by atoms with Gasteiger partial charge in [-0.2, -0.15) is 13.2 Å². The van der Waals surface area contributed by atoms with Gasteiger partial charge in [-0.3, -0.25) is 4.79 Å². The maximum atomic E-state index is 13.1. The van der Waals surface area contributed by atoms with Gasteiger partial charge < -0.3 is 19.5 Å². The van der Waals surface area contributed by atoms with E-state index < -0.39 is 17.3 Å². The molecule has 1 N–H and O–H groups in total. The van der Waals surface area contributed by atoms with Crippen molar-refractivity contribution >= 4 is 5.78 Å². The Balaban J connectivity index is 1.42. The fourth-order valence-corrected chi connectivity index (χ4v) is 4.74. The zero-order chi connectivity index (χ0) is 23.1. The predicted octanol–water partition coefficient (Wildman–Crippen LogP) is 4.06. The first-order chi connectivity index (χ1) is 15.1. The molecule has 0 bridgehead atoms. The second-order valence-electron chi connectivity index (χ2n) is 8.54. The maximum absolute atomic E-state index is 13.1. The van der Waals surface area contributed by atoms with Crippen molar-refractivity contribution < 1.29 is 32.5 Å². The van der Waals surface area contributed by atoms with Crippen LogP contribution >= 0.6 is 0 Å². The number of carbonyl (C=O) groups excluding carboxylic acids is 1. The fraction of sp³-hybridized carbons (Fsp3) is 0.458. The van der Waals surface area contributed by atoms with Crippen molar-refractivity contribution in [3.63, 3.8) is 0 Å². The van der Waals surface area contributed by atoms with Crippen molar-refractivity contribution in [3.05, 3.63) is 58.7 Å². The molecule has 1 saturated heterocycles. The normalized spacial score (nSPS) is 20.8. The number of ether oxygens (including phenoxy) is 2. The van der Waals surface area contributed by atoms with Gasteiger partial charge in [0.15, 0.2) is 17.3 Å². The van der Waals surface area contributed by atoms with Gasteiger partial charge in [0.2, 0.25) is 0 Å². The lowest BCUT2D eigenvalue weighted by Crippen LogP contribution is -2.45.